The lowest BCUT2D eigenvalue weighted by atomic mass is 10.1. The lowest BCUT2D eigenvalue weighted by Crippen LogP contribution is -2.35. The average Bonchev–Trinajstić information content (AvgIpc) is 3.17. The van der Waals surface area contributed by atoms with E-state index in [9.17, 15) is 9.59 Å². The molecule has 7 heteroatoms. The predicted molar refractivity (Wildman–Crippen MR) is 103 cm³/mol. The van der Waals surface area contributed by atoms with Gasteiger partial charge in [0.15, 0.2) is 11.5 Å². The number of carbonyl (C=O) groups excluding carboxylic acids is 2. The van der Waals surface area contributed by atoms with E-state index in [1.54, 1.807) is 24.3 Å². The summed E-state index contributed by atoms with van der Waals surface area (Å²) in [5.41, 5.74) is 0.559. The largest absolute Gasteiger partial charge is 0.493 e. The molecule has 1 aromatic carbocycles. The standard InChI is InChI=1S/C19H22N2O4S/c1-4-9-20-19(23)15(12-14-6-5-10-26-14)21-18(22)13-7-8-16(24-2)17(11-13)25-3/h5-8,10-12H,4,9H2,1-3H3,(H,20,23)(H,21,22)/b15-12-. The maximum absolute atomic E-state index is 12.6. The van der Waals surface area contributed by atoms with Crippen molar-refractivity contribution in [1.82, 2.24) is 10.6 Å². The lowest BCUT2D eigenvalue weighted by molar-refractivity contribution is -0.117. The first-order valence-electron chi connectivity index (χ1n) is 8.15. The topological polar surface area (TPSA) is 76.7 Å². The SMILES string of the molecule is CCCNC(=O)/C(=C/c1cccs1)NC(=O)c1ccc(OC)c(OC)c1. The van der Waals surface area contributed by atoms with Gasteiger partial charge in [0, 0.05) is 17.0 Å². The summed E-state index contributed by atoms with van der Waals surface area (Å²) in [5, 5.41) is 7.38. The van der Waals surface area contributed by atoms with Crippen LogP contribution in [0.4, 0.5) is 0 Å². The summed E-state index contributed by atoms with van der Waals surface area (Å²) in [7, 11) is 3.03. The minimum atomic E-state index is -0.402. The number of ether oxygens (including phenoxy) is 2. The van der Waals surface area contributed by atoms with Gasteiger partial charge in [0.25, 0.3) is 11.8 Å². The summed E-state index contributed by atoms with van der Waals surface area (Å²) < 4.78 is 10.4. The molecule has 26 heavy (non-hydrogen) atoms. The van der Waals surface area contributed by atoms with Crippen molar-refractivity contribution in [3.63, 3.8) is 0 Å². The van der Waals surface area contributed by atoms with Gasteiger partial charge < -0.3 is 20.1 Å². The van der Waals surface area contributed by atoms with Crippen molar-refractivity contribution in [2.75, 3.05) is 20.8 Å². The molecule has 0 aliphatic rings. The average molecular weight is 374 g/mol. The molecule has 0 bridgehead atoms. The molecule has 0 radical (unpaired) electrons. The number of thiophene rings is 1. The number of amides is 2. The first kappa shape index (κ1) is 19.5. The Bertz CT molecular complexity index is 785. The van der Waals surface area contributed by atoms with Crippen molar-refractivity contribution in [3.05, 3.63) is 51.8 Å². The van der Waals surface area contributed by atoms with Crippen molar-refractivity contribution >= 4 is 29.2 Å². The van der Waals surface area contributed by atoms with Gasteiger partial charge >= 0.3 is 0 Å². The zero-order valence-electron chi connectivity index (χ0n) is 15.0. The van der Waals surface area contributed by atoms with E-state index in [0.717, 1.165) is 11.3 Å². The molecule has 2 rings (SSSR count). The van der Waals surface area contributed by atoms with Crippen LogP contribution >= 0.6 is 11.3 Å². The van der Waals surface area contributed by atoms with Gasteiger partial charge in [0.2, 0.25) is 0 Å². The fourth-order valence-corrected chi connectivity index (χ4v) is 2.84. The molecule has 0 fully saturated rings. The third kappa shape index (κ3) is 5.10. The van der Waals surface area contributed by atoms with Gasteiger partial charge in [-0.05, 0) is 42.1 Å². The Hall–Kier alpha value is -2.80. The molecule has 2 amide bonds. The summed E-state index contributed by atoms with van der Waals surface area (Å²) in [5.74, 6) is 0.243. The molecule has 0 spiro atoms. The molecule has 0 saturated carbocycles. The number of hydrogen-bond donors (Lipinski definition) is 2. The monoisotopic (exact) mass is 374 g/mol. The van der Waals surface area contributed by atoms with E-state index in [1.807, 2.05) is 24.4 Å². The molecular formula is C19H22N2O4S. The molecular weight excluding hydrogens is 352 g/mol. The van der Waals surface area contributed by atoms with Gasteiger partial charge in [-0.3, -0.25) is 9.59 Å². The van der Waals surface area contributed by atoms with Crippen LogP contribution in [-0.2, 0) is 4.79 Å². The van der Waals surface area contributed by atoms with Crippen LogP contribution in [0.15, 0.2) is 41.4 Å². The number of hydrogen-bond acceptors (Lipinski definition) is 5. The summed E-state index contributed by atoms with van der Waals surface area (Å²) in [6.45, 7) is 2.50. The second kappa shape index (κ2) is 9.62. The van der Waals surface area contributed by atoms with Crippen molar-refractivity contribution in [3.8, 4) is 11.5 Å². The maximum Gasteiger partial charge on any atom is 0.267 e. The minimum absolute atomic E-state index is 0.195. The first-order chi connectivity index (χ1) is 12.6. The number of methoxy groups -OCH3 is 2. The summed E-state index contributed by atoms with van der Waals surface area (Å²) >= 11 is 1.48. The van der Waals surface area contributed by atoms with E-state index in [2.05, 4.69) is 10.6 Å². The Kier molecular flexibility index (Phi) is 7.23. The molecule has 2 aromatic rings. The maximum atomic E-state index is 12.6. The fourth-order valence-electron chi connectivity index (χ4n) is 2.18. The molecule has 1 heterocycles. The molecule has 1 aromatic heterocycles. The minimum Gasteiger partial charge on any atom is -0.493 e. The Labute approximate surface area is 156 Å². The van der Waals surface area contributed by atoms with Gasteiger partial charge in [-0.2, -0.15) is 0 Å². The van der Waals surface area contributed by atoms with Crippen molar-refractivity contribution in [2.24, 2.45) is 0 Å². The lowest BCUT2D eigenvalue weighted by Gasteiger charge is -2.12. The summed E-state index contributed by atoms with van der Waals surface area (Å²) in [4.78, 5) is 25.9. The van der Waals surface area contributed by atoms with Gasteiger partial charge in [0.1, 0.15) is 5.70 Å². The van der Waals surface area contributed by atoms with Crippen LogP contribution in [0.1, 0.15) is 28.6 Å². The third-order valence-corrected chi connectivity index (χ3v) is 4.32. The van der Waals surface area contributed by atoms with E-state index in [-0.39, 0.29) is 11.6 Å². The number of nitrogens with one attached hydrogen (secondary N) is 2. The smallest absolute Gasteiger partial charge is 0.267 e. The number of benzene rings is 1. The molecule has 0 unspecified atom stereocenters. The van der Waals surface area contributed by atoms with Gasteiger partial charge in [0.05, 0.1) is 14.2 Å². The van der Waals surface area contributed by atoms with Crippen LogP contribution in [0, 0.1) is 0 Å². The van der Waals surface area contributed by atoms with Gasteiger partial charge in [-0.1, -0.05) is 13.0 Å². The summed E-state index contributed by atoms with van der Waals surface area (Å²) in [6, 6.07) is 8.59. The predicted octanol–water partition coefficient (Wildman–Crippen LogP) is 3.06. The highest BCUT2D eigenvalue weighted by molar-refractivity contribution is 7.10. The first-order valence-corrected chi connectivity index (χ1v) is 9.03. The summed E-state index contributed by atoms with van der Waals surface area (Å²) in [6.07, 6.45) is 2.47. The molecule has 2 N–H and O–H groups in total. The van der Waals surface area contributed by atoms with Crippen LogP contribution in [-0.4, -0.2) is 32.6 Å². The quantitative estimate of drug-likeness (QED) is 0.696. The highest BCUT2D eigenvalue weighted by Gasteiger charge is 2.16. The number of carbonyl (C=O) groups is 2. The van der Waals surface area contributed by atoms with Crippen LogP contribution in [0.5, 0.6) is 11.5 Å². The molecule has 138 valence electrons. The highest BCUT2D eigenvalue weighted by atomic mass is 32.1. The van der Waals surface area contributed by atoms with Gasteiger partial charge in [-0.15, -0.1) is 11.3 Å². The van der Waals surface area contributed by atoms with Gasteiger partial charge in [-0.25, -0.2) is 0 Å². The van der Waals surface area contributed by atoms with Crippen LogP contribution < -0.4 is 20.1 Å². The van der Waals surface area contributed by atoms with Crippen molar-refractivity contribution < 1.29 is 19.1 Å². The molecule has 0 saturated heterocycles. The van der Waals surface area contributed by atoms with Crippen molar-refractivity contribution in [1.29, 1.82) is 0 Å². The Morgan fingerprint density at radius 1 is 1.15 bits per heavy atom. The Morgan fingerprint density at radius 2 is 1.92 bits per heavy atom. The second-order valence-corrected chi connectivity index (χ2v) is 6.33. The Morgan fingerprint density at radius 3 is 2.54 bits per heavy atom. The molecule has 6 nitrogen and oxygen atoms in total. The molecule has 0 aliphatic heterocycles. The van der Waals surface area contributed by atoms with Crippen molar-refractivity contribution in [2.45, 2.75) is 13.3 Å². The Balaban J connectivity index is 2.24. The highest BCUT2D eigenvalue weighted by Crippen LogP contribution is 2.27. The third-order valence-electron chi connectivity index (χ3n) is 3.50. The molecule has 0 atom stereocenters. The van der Waals surface area contributed by atoms with E-state index >= 15 is 0 Å². The zero-order valence-corrected chi connectivity index (χ0v) is 15.8. The van der Waals surface area contributed by atoms with E-state index in [4.69, 9.17) is 9.47 Å². The zero-order chi connectivity index (χ0) is 18.9. The number of rotatable bonds is 8. The van der Waals surface area contributed by atoms with E-state index in [1.165, 1.54) is 25.6 Å². The van der Waals surface area contributed by atoms with Crippen LogP contribution in [0.2, 0.25) is 0 Å². The fraction of sp³-hybridized carbons (Fsp3) is 0.263. The van der Waals surface area contributed by atoms with E-state index in [0.29, 0.717) is 23.6 Å². The van der Waals surface area contributed by atoms with Crippen LogP contribution in [0.25, 0.3) is 6.08 Å². The van der Waals surface area contributed by atoms with Crippen LogP contribution in [0.3, 0.4) is 0 Å². The molecule has 0 aliphatic carbocycles. The second-order valence-electron chi connectivity index (χ2n) is 5.35. The van der Waals surface area contributed by atoms with E-state index < -0.39 is 5.91 Å². The normalized spacial score (nSPS) is 11.0.